The minimum atomic E-state index is -1.39. The molecule has 2 heterocycles. The van der Waals surface area contributed by atoms with Gasteiger partial charge in [-0.1, -0.05) is 38.1 Å². The van der Waals surface area contributed by atoms with Crippen molar-refractivity contribution in [1.82, 2.24) is 10.2 Å². The summed E-state index contributed by atoms with van der Waals surface area (Å²) >= 11 is 0. The van der Waals surface area contributed by atoms with Crippen LogP contribution in [0.1, 0.15) is 69.8 Å². The molecule has 3 N–H and O–H groups in total. The molecule has 1 fully saturated rings. The van der Waals surface area contributed by atoms with Gasteiger partial charge >= 0.3 is 23.9 Å². The van der Waals surface area contributed by atoms with Crippen molar-refractivity contribution in [2.45, 2.75) is 91.0 Å². The second-order valence-electron chi connectivity index (χ2n) is 10.3. The molecule has 0 radical (unpaired) electrons. The van der Waals surface area contributed by atoms with E-state index in [1.165, 1.54) is 13.8 Å². The first kappa shape index (κ1) is 32.5. The van der Waals surface area contributed by atoms with Crippen molar-refractivity contribution in [3.05, 3.63) is 46.6 Å². The Morgan fingerprint density at radius 2 is 1.45 bits per heavy atom. The first-order valence-corrected chi connectivity index (χ1v) is 13.7. The Bertz CT molecular complexity index is 1240. The summed E-state index contributed by atoms with van der Waals surface area (Å²) in [6.45, 7) is 8.86. The third-order valence-corrected chi connectivity index (χ3v) is 6.45. The number of benzene rings is 1. The maximum Gasteiger partial charge on any atom is 0.303 e. The lowest BCUT2D eigenvalue weighted by atomic mass is 9.97. The number of H-pyrrole nitrogens is 1. The monoisotopic (exact) mass is 589 g/mol. The average molecular weight is 590 g/mol. The zero-order chi connectivity index (χ0) is 31.0. The van der Waals surface area contributed by atoms with Crippen molar-refractivity contribution in [2.75, 3.05) is 13.2 Å². The third kappa shape index (κ3) is 8.76. The Morgan fingerprint density at radius 1 is 0.881 bits per heavy atom. The van der Waals surface area contributed by atoms with Gasteiger partial charge in [-0.25, -0.2) is 0 Å². The fourth-order valence-electron chi connectivity index (χ4n) is 4.70. The molecule has 1 aliphatic rings. The first-order chi connectivity index (χ1) is 19.9. The van der Waals surface area contributed by atoms with Gasteiger partial charge in [0.15, 0.2) is 12.2 Å². The molecule has 0 aliphatic carbocycles. The van der Waals surface area contributed by atoms with E-state index in [2.05, 4.69) is 10.2 Å². The molecule has 1 saturated heterocycles. The van der Waals surface area contributed by atoms with Crippen LogP contribution in [-0.4, -0.2) is 77.9 Å². The van der Waals surface area contributed by atoms with Gasteiger partial charge in [-0.2, -0.15) is 0 Å². The van der Waals surface area contributed by atoms with Crippen LogP contribution >= 0.6 is 0 Å². The molecule has 230 valence electrons. The Balaban J connectivity index is 2.02. The first-order valence-electron chi connectivity index (χ1n) is 13.7. The summed E-state index contributed by atoms with van der Waals surface area (Å²) in [6, 6.07) is 8.02. The van der Waals surface area contributed by atoms with Crippen LogP contribution in [0.3, 0.4) is 0 Å². The summed E-state index contributed by atoms with van der Waals surface area (Å²) in [5.74, 6) is -2.57. The summed E-state index contributed by atoms with van der Waals surface area (Å²) in [6.07, 6.45) is -5.32. The number of nitrogens with two attached hydrogens (primary N) is 1. The number of esters is 4. The van der Waals surface area contributed by atoms with E-state index in [0.29, 0.717) is 13.0 Å². The van der Waals surface area contributed by atoms with Crippen LogP contribution in [0.2, 0.25) is 0 Å². The molecule has 13 heteroatoms. The zero-order valence-corrected chi connectivity index (χ0v) is 24.7. The van der Waals surface area contributed by atoms with Crippen LogP contribution in [-0.2, 0) is 55.7 Å². The lowest BCUT2D eigenvalue weighted by Gasteiger charge is -2.43. The van der Waals surface area contributed by atoms with E-state index in [0.717, 1.165) is 42.7 Å². The highest BCUT2D eigenvalue weighted by atomic mass is 16.7. The number of rotatable bonds is 12. The van der Waals surface area contributed by atoms with Crippen LogP contribution in [0, 0.1) is 0 Å². The normalized spacial score (nSPS) is 21.9. The van der Waals surface area contributed by atoms with Gasteiger partial charge in [0.2, 0.25) is 18.3 Å². The van der Waals surface area contributed by atoms with Crippen LogP contribution in [0.4, 0.5) is 0 Å². The molecule has 1 aromatic heterocycles. The number of hydrogen-bond acceptors (Lipinski definition) is 12. The number of hydrogen-bond donors (Lipinski definition) is 2. The lowest BCUT2D eigenvalue weighted by Crippen LogP contribution is -2.63. The number of aromatic amines is 1. The highest BCUT2D eigenvalue weighted by Crippen LogP contribution is 2.34. The van der Waals surface area contributed by atoms with Crippen molar-refractivity contribution >= 4 is 23.9 Å². The molecule has 0 unspecified atom stereocenters. The number of nitrogens with zero attached hydrogens (tertiary/aromatic N) is 1. The van der Waals surface area contributed by atoms with Crippen LogP contribution in [0.5, 0.6) is 5.88 Å². The van der Waals surface area contributed by atoms with Crippen molar-refractivity contribution in [1.29, 1.82) is 0 Å². The standard InChI is InChI=1S/C29H39N3O10/c1-15(2)24-22(13-21-9-7-20(8-10-21)11-12-30)28(32-31-24)42-29-27(40-19(6)36)26(39-18(5)35)25(38-17(4)34)23(41-29)14-37-16(3)33/h7-10,15,23,25-27,29H,11-14,30H2,1-6H3,(H,31,32)/t23-,25-,26+,27-,29+/m1/s1. The van der Waals surface area contributed by atoms with Crippen LogP contribution < -0.4 is 10.5 Å². The number of aromatic nitrogens is 2. The Labute approximate surface area is 244 Å². The molecule has 3 rings (SSSR count). The largest absolute Gasteiger partial charge is 0.463 e. The number of carbonyl (C=O) groups excluding carboxylic acids is 4. The molecule has 1 aromatic carbocycles. The quantitative estimate of drug-likeness (QED) is 0.272. The highest BCUT2D eigenvalue weighted by Gasteiger charge is 2.53. The van der Waals surface area contributed by atoms with E-state index in [-0.39, 0.29) is 18.4 Å². The number of ether oxygens (including phenoxy) is 6. The summed E-state index contributed by atoms with van der Waals surface area (Å²) in [7, 11) is 0. The fraction of sp³-hybridized carbons (Fsp3) is 0.552. The van der Waals surface area contributed by atoms with Gasteiger partial charge in [0, 0.05) is 45.4 Å². The van der Waals surface area contributed by atoms with Gasteiger partial charge < -0.3 is 34.2 Å². The van der Waals surface area contributed by atoms with E-state index >= 15 is 0 Å². The molecule has 1 aliphatic heterocycles. The molecule has 42 heavy (non-hydrogen) atoms. The molecular weight excluding hydrogens is 550 g/mol. The van der Waals surface area contributed by atoms with Crippen molar-refractivity contribution < 1.29 is 47.6 Å². The minimum absolute atomic E-state index is 0.0526. The van der Waals surface area contributed by atoms with E-state index in [9.17, 15) is 19.2 Å². The van der Waals surface area contributed by atoms with E-state index in [1.807, 2.05) is 38.1 Å². The van der Waals surface area contributed by atoms with Crippen LogP contribution in [0.25, 0.3) is 0 Å². The second-order valence-corrected chi connectivity index (χ2v) is 10.3. The van der Waals surface area contributed by atoms with Crippen LogP contribution in [0.15, 0.2) is 24.3 Å². The zero-order valence-electron chi connectivity index (χ0n) is 24.7. The van der Waals surface area contributed by atoms with Gasteiger partial charge in [-0.3, -0.25) is 24.3 Å². The van der Waals surface area contributed by atoms with Crippen molar-refractivity contribution in [2.24, 2.45) is 5.73 Å². The third-order valence-electron chi connectivity index (χ3n) is 6.45. The molecule has 0 bridgehead atoms. The van der Waals surface area contributed by atoms with E-state index in [4.69, 9.17) is 34.2 Å². The molecule has 2 aromatic rings. The summed E-state index contributed by atoms with van der Waals surface area (Å²) in [4.78, 5) is 47.9. The Kier molecular flexibility index (Phi) is 11.5. The number of nitrogens with one attached hydrogen (secondary N) is 1. The van der Waals surface area contributed by atoms with E-state index < -0.39 is 54.6 Å². The van der Waals surface area contributed by atoms with Gasteiger partial charge in [0.05, 0.1) is 0 Å². The summed E-state index contributed by atoms with van der Waals surface area (Å²) in [5, 5.41) is 7.40. The lowest BCUT2D eigenvalue weighted by molar-refractivity contribution is -0.289. The molecule has 13 nitrogen and oxygen atoms in total. The maximum atomic E-state index is 12.2. The van der Waals surface area contributed by atoms with Gasteiger partial charge in [0.25, 0.3) is 0 Å². The van der Waals surface area contributed by atoms with E-state index in [1.54, 1.807) is 0 Å². The van der Waals surface area contributed by atoms with Gasteiger partial charge in [-0.05, 0) is 30.0 Å². The predicted octanol–water partition coefficient (Wildman–Crippen LogP) is 2.09. The Morgan fingerprint density at radius 3 is 2.00 bits per heavy atom. The maximum absolute atomic E-state index is 12.2. The summed E-state index contributed by atoms with van der Waals surface area (Å²) in [5.41, 5.74) is 9.34. The molecule has 0 saturated carbocycles. The topological polar surface area (TPSA) is 178 Å². The number of carbonyl (C=O) groups is 4. The molecule has 0 spiro atoms. The SMILES string of the molecule is CC(=O)OC[C@H]1O[C@@H](Oc2n[nH]c(C(C)C)c2Cc2ccc(CCN)cc2)[C@H](OC(C)=O)[C@@H](OC(C)=O)[C@@H]1OC(C)=O. The van der Waals surface area contributed by atoms with Gasteiger partial charge in [-0.15, -0.1) is 5.10 Å². The summed E-state index contributed by atoms with van der Waals surface area (Å²) < 4.78 is 33.9. The smallest absolute Gasteiger partial charge is 0.303 e. The molecule has 5 atom stereocenters. The molecular formula is C29H39N3O10. The van der Waals surface area contributed by atoms with Gasteiger partial charge in [0.1, 0.15) is 12.7 Å². The average Bonchev–Trinajstić information content (AvgIpc) is 3.29. The minimum Gasteiger partial charge on any atom is -0.463 e. The highest BCUT2D eigenvalue weighted by molar-refractivity contribution is 5.68. The second kappa shape index (κ2) is 14.8. The van der Waals surface area contributed by atoms with Crippen molar-refractivity contribution in [3.63, 3.8) is 0 Å². The predicted molar refractivity (Wildman–Crippen MR) is 147 cm³/mol. The molecule has 0 amide bonds. The Hall–Kier alpha value is -3.97. The fourth-order valence-corrected chi connectivity index (χ4v) is 4.70. The van der Waals surface area contributed by atoms with Crippen molar-refractivity contribution in [3.8, 4) is 5.88 Å².